The fourth-order valence-corrected chi connectivity index (χ4v) is 3.78. The van der Waals surface area contributed by atoms with Crippen molar-refractivity contribution in [2.45, 2.75) is 12.8 Å². The van der Waals surface area contributed by atoms with Crippen LogP contribution in [0.3, 0.4) is 0 Å². The summed E-state index contributed by atoms with van der Waals surface area (Å²) in [7, 11) is 0. The summed E-state index contributed by atoms with van der Waals surface area (Å²) in [5.74, 6) is 0. The number of nitrogens with zero attached hydrogens (tertiary/aromatic N) is 1. The molecule has 0 radical (unpaired) electrons. The first-order chi connectivity index (χ1) is 10.5. The lowest BCUT2D eigenvalue weighted by Crippen LogP contribution is -2.37. The van der Waals surface area contributed by atoms with E-state index in [1.54, 1.807) is 0 Å². The van der Waals surface area contributed by atoms with Gasteiger partial charge < -0.3 is 5.32 Å². The average molecular weight is 443 g/mol. The lowest BCUT2D eigenvalue weighted by atomic mass is 9.75. The number of benzene rings is 2. The van der Waals surface area contributed by atoms with Gasteiger partial charge >= 0.3 is 0 Å². The van der Waals surface area contributed by atoms with Crippen molar-refractivity contribution >= 4 is 51.5 Å². The van der Waals surface area contributed by atoms with Gasteiger partial charge in [0.1, 0.15) is 0 Å². The van der Waals surface area contributed by atoms with E-state index in [9.17, 15) is 5.26 Å². The minimum Gasteiger partial charge on any atom is -0.383 e. The Morgan fingerprint density at radius 2 is 1.91 bits per heavy atom. The maximum Gasteiger partial charge on any atom is 0.0827 e. The summed E-state index contributed by atoms with van der Waals surface area (Å²) in [6.07, 6.45) is 1.36. The van der Waals surface area contributed by atoms with Crippen molar-refractivity contribution in [3.63, 3.8) is 0 Å². The average Bonchev–Trinajstić information content (AvgIpc) is 2.50. The molecule has 1 N–H and O–H groups in total. The number of nitriles is 1. The maximum absolute atomic E-state index is 9.80. The number of nitrogens with one attached hydrogen (secondary N) is 1. The van der Waals surface area contributed by atoms with Crippen molar-refractivity contribution in [1.82, 2.24) is 0 Å². The summed E-state index contributed by atoms with van der Waals surface area (Å²) < 4.78 is 1.13. The van der Waals surface area contributed by atoms with Crippen LogP contribution in [-0.4, -0.2) is 6.54 Å². The number of halogens is 3. The highest BCUT2D eigenvalue weighted by Crippen LogP contribution is 2.37. The zero-order chi connectivity index (χ0) is 15.7. The van der Waals surface area contributed by atoms with Crippen LogP contribution in [0.4, 0.5) is 5.69 Å². The molecule has 3 rings (SSSR count). The van der Waals surface area contributed by atoms with E-state index in [-0.39, 0.29) is 0 Å². The highest BCUT2D eigenvalue weighted by Gasteiger charge is 2.35. The number of rotatable bonds is 2. The van der Waals surface area contributed by atoms with Crippen LogP contribution in [0.2, 0.25) is 10.0 Å². The third-order valence-corrected chi connectivity index (χ3v) is 5.51. The lowest BCUT2D eigenvalue weighted by Gasteiger charge is -2.33. The monoisotopic (exact) mass is 442 g/mol. The van der Waals surface area contributed by atoms with E-state index >= 15 is 0 Å². The first kappa shape index (κ1) is 15.9. The smallest absolute Gasteiger partial charge is 0.0827 e. The summed E-state index contributed by atoms with van der Waals surface area (Å²) in [6.45, 7) is 0.626. The quantitative estimate of drug-likeness (QED) is 0.639. The third kappa shape index (κ3) is 3.19. The van der Waals surface area contributed by atoms with Gasteiger partial charge in [-0.3, -0.25) is 0 Å². The second-order valence-corrected chi connectivity index (χ2v) is 7.67. The lowest BCUT2D eigenvalue weighted by molar-refractivity contribution is 0.403. The number of hydrogen-bond donors (Lipinski definition) is 1. The molecule has 0 fully saturated rings. The molecule has 1 atom stereocenters. The summed E-state index contributed by atoms with van der Waals surface area (Å²) >= 11 is 14.5. The van der Waals surface area contributed by atoms with E-state index < -0.39 is 5.41 Å². The molecule has 1 aliphatic rings. The first-order valence-electron chi connectivity index (χ1n) is 6.89. The molecular weight excluding hydrogens is 430 g/mol. The van der Waals surface area contributed by atoms with E-state index in [4.69, 9.17) is 23.2 Å². The predicted octanol–water partition coefficient (Wildman–Crippen LogP) is 5.32. The maximum atomic E-state index is 9.80. The molecule has 0 amide bonds. The molecule has 0 saturated heterocycles. The molecule has 0 aromatic heterocycles. The number of anilines is 1. The van der Waals surface area contributed by atoms with E-state index in [0.717, 1.165) is 20.4 Å². The fourth-order valence-electron chi connectivity index (χ4n) is 2.86. The molecule has 22 heavy (non-hydrogen) atoms. The van der Waals surface area contributed by atoms with Gasteiger partial charge in [0, 0.05) is 25.8 Å². The van der Waals surface area contributed by atoms with Crippen LogP contribution in [0.1, 0.15) is 11.1 Å². The number of fused-ring (bicyclic) bond motifs is 1. The molecule has 0 spiro atoms. The Balaban J connectivity index is 1.94. The van der Waals surface area contributed by atoms with Gasteiger partial charge in [-0.05, 0) is 83.0 Å². The molecule has 2 aromatic rings. The van der Waals surface area contributed by atoms with E-state index in [2.05, 4.69) is 34.0 Å². The largest absolute Gasteiger partial charge is 0.383 e. The predicted molar refractivity (Wildman–Crippen MR) is 99.6 cm³/mol. The standard InChI is InChI=1S/C17H13Cl2IN2/c18-13-1-3-15(20)11(5-13)7-17(9-21)8-12-6-14(19)2-4-16(12)22-10-17/h1-6,22H,7-8,10H2/t17-/m1/s1. The second kappa shape index (κ2) is 6.27. The van der Waals surface area contributed by atoms with Crippen molar-refractivity contribution in [2.75, 3.05) is 11.9 Å². The normalized spacial score (nSPS) is 19.9. The van der Waals surface area contributed by atoms with Crippen LogP contribution in [0.25, 0.3) is 0 Å². The third-order valence-electron chi connectivity index (χ3n) is 3.99. The Kier molecular flexibility index (Phi) is 4.54. The molecular formula is C17H13Cl2IN2. The Morgan fingerprint density at radius 1 is 1.18 bits per heavy atom. The Morgan fingerprint density at radius 3 is 2.68 bits per heavy atom. The second-order valence-electron chi connectivity index (χ2n) is 5.64. The molecule has 0 saturated carbocycles. The Labute approximate surface area is 153 Å². The summed E-state index contributed by atoms with van der Waals surface area (Å²) in [4.78, 5) is 0. The minimum atomic E-state index is -0.484. The van der Waals surface area contributed by atoms with Crippen LogP contribution in [0, 0.1) is 20.3 Å². The van der Waals surface area contributed by atoms with Crippen LogP contribution in [0.15, 0.2) is 36.4 Å². The van der Waals surface area contributed by atoms with Crippen LogP contribution < -0.4 is 5.32 Å². The van der Waals surface area contributed by atoms with Crippen molar-refractivity contribution in [3.05, 3.63) is 61.1 Å². The molecule has 5 heteroatoms. The molecule has 1 aliphatic heterocycles. The molecule has 0 unspecified atom stereocenters. The van der Waals surface area contributed by atoms with Gasteiger partial charge in [0.05, 0.1) is 11.5 Å². The molecule has 0 aliphatic carbocycles. The zero-order valence-electron chi connectivity index (χ0n) is 11.7. The fraction of sp³-hybridized carbons (Fsp3) is 0.235. The van der Waals surface area contributed by atoms with Crippen LogP contribution in [0.5, 0.6) is 0 Å². The summed E-state index contributed by atoms with van der Waals surface area (Å²) in [5.41, 5.74) is 2.79. The summed E-state index contributed by atoms with van der Waals surface area (Å²) in [5, 5.41) is 14.6. The van der Waals surface area contributed by atoms with E-state index in [1.165, 1.54) is 0 Å². The van der Waals surface area contributed by atoms with Gasteiger partial charge in [-0.1, -0.05) is 23.2 Å². The zero-order valence-corrected chi connectivity index (χ0v) is 15.3. The van der Waals surface area contributed by atoms with Gasteiger partial charge in [0.15, 0.2) is 0 Å². The van der Waals surface area contributed by atoms with Gasteiger partial charge in [-0.25, -0.2) is 0 Å². The van der Waals surface area contributed by atoms with Gasteiger partial charge in [0.25, 0.3) is 0 Å². The topological polar surface area (TPSA) is 35.8 Å². The van der Waals surface area contributed by atoms with Gasteiger partial charge in [0.2, 0.25) is 0 Å². The summed E-state index contributed by atoms with van der Waals surface area (Å²) in [6, 6.07) is 14.1. The van der Waals surface area contributed by atoms with Crippen LogP contribution in [-0.2, 0) is 12.8 Å². The Bertz CT molecular complexity index is 770. The number of hydrogen-bond acceptors (Lipinski definition) is 2. The van der Waals surface area contributed by atoms with Gasteiger partial charge in [-0.15, -0.1) is 0 Å². The highest BCUT2D eigenvalue weighted by atomic mass is 127. The Hall–Kier alpha value is -0.960. The van der Waals surface area contributed by atoms with E-state index in [0.29, 0.717) is 29.4 Å². The molecule has 1 heterocycles. The minimum absolute atomic E-state index is 0.484. The van der Waals surface area contributed by atoms with Crippen LogP contribution >= 0.6 is 45.8 Å². The van der Waals surface area contributed by atoms with E-state index in [1.807, 2.05) is 36.4 Å². The van der Waals surface area contributed by atoms with Crippen molar-refractivity contribution < 1.29 is 0 Å². The first-order valence-corrected chi connectivity index (χ1v) is 8.72. The van der Waals surface area contributed by atoms with Crippen molar-refractivity contribution in [2.24, 2.45) is 5.41 Å². The SMILES string of the molecule is N#C[C@]1(Cc2cc(Cl)ccc2I)CNc2ccc(Cl)cc2C1. The van der Waals surface area contributed by atoms with Crippen molar-refractivity contribution in [1.29, 1.82) is 5.26 Å². The van der Waals surface area contributed by atoms with Gasteiger partial charge in [-0.2, -0.15) is 5.26 Å². The van der Waals surface area contributed by atoms with Crippen molar-refractivity contribution in [3.8, 4) is 6.07 Å². The molecule has 2 nitrogen and oxygen atoms in total. The molecule has 112 valence electrons. The molecule has 0 bridgehead atoms. The highest BCUT2D eigenvalue weighted by molar-refractivity contribution is 14.1. The molecule has 2 aromatic carbocycles.